The van der Waals surface area contributed by atoms with Crippen LogP contribution in [0.5, 0.6) is 0 Å². The number of hydrogen-bond donors (Lipinski definition) is 0. The molecule has 0 N–H and O–H groups in total. The van der Waals surface area contributed by atoms with Gasteiger partial charge in [0, 0.05) is 0 Å². The molecule has 1 unspecified atom stereocenters. The highest BCUT2D eigenvalue weighted by atomic mass is 32.2. The van der Waals surface area contributed by atoms with E-state index in [9.17, 15) is 27.2 Å². The molecule has 0 heterocycles. The number of halogens is 1. The molecular weight excluding hydrogens is 413 g/mol. The highest BCUT2D eigenvalue weighted by Gasteiger charge is 2.40. The van der Waals surface area contributed by atoms with Crippen molar-refractivity contribution in [2.24, 2.45) is 0 Å². The van der Waals surface area contributed by atoms with E-state index in [0.29, 0.717) is 4.90 Å². The standard InChI is InChI=1S/C17H30FNO9S/c1-11(2)27-15(21)19(16(22)28-17(3,4)5)13(14(20)25-6)9-8-12(18)10-26-29(7,23)24/h11-13H,8-10H2,1-7H3/t12?,13-/m0/s1. The van der Waals surface area contributed by atoms with Gasteiger partial charge in [0.15, 0.2) is 0 Å². The van der Waals surface area contributed by atoms with Crippen molar-refractivity contribution < 1.29 is 45.6 Å². The van der Waals surface area contributed by atoms with Crippen molar-refractivity contribution in [1.29, 1.82) is 0 Å². The number of alkyl halides is 1. The van der Waals surface area contributed by atoms with E-state index < -0.39 is 65.2 Å². The number of carbonyl (C=O) groups excluding carboxylic acids is 3. The van der Waals surface area contributed by atoms with Gasteiger partial charge in [-0.2, -0.15) is 13.3 Å². The third-order valence-electron chi connectivity index (χ3n) is 3.12. The Morgan fingerprint density at radius 3 is 2.03 bits per heavy atom. The fraction of sp³-hybridized carbons (Fsp3) is 0.824. The number of carbonyl (C=O) groups is 3. The van der Waals surface area contributed by atoms with Crippen molar-refractivity contribution in [2.45, 2.75) is 71.4 Å². The second-order valence-electron chi connectivity index (χ2n) is 7.49. The molecule has 0 fully saturated rings. The largest absolute Gasteiger partial charge is 0.467 e. The van der Waals surface area contributed by atoms with Crippen molar-refractivity contribution in [3.05, 3.63) is 0 Å². The summed E-state index contributed by atoms with van der Waals surface area (Å²) in [6.07, 6.45) is -4.71. The minimum atomic E-state index is -3.85. The van der Waals surface area contributed by atoms with Crippen LogP contribution in [0.3, 0.4) is 0 Å². The highest BCUT2D eigenvalue weighted by Crippen LogP contribution is 2.19. The van der Waals surface area contributed by atoms with Crippen molar-refractivity contribution in [1.82, 2.24) is 4.90 Å². The second kappa shape index (κ2) is 11.3. The number of amides is 2. The molecule has 0 aromatic carbocycles. The zero-order valence-corrected chi connectivity index (χ0v) is 18.6. The molecule has 0 aliphatic carbocycles. The summed E-state index contributed by atoms with van der Waals surface area (Å²) in [4.78, 5) is 37.6. The number of esters is 1. The smallest absolute Gasteiger partial charge is 0.420 e. The van der Waals surface area contributed by atoms with E-state index in [1.54, 1.807) is 34.6 Å². The first-order valence-corrected chi connectivity index (χ1v) is 10.7. The number of hydrogen-bond acceptors (Lipinski definition) is 9. The summed E-state index contributed by atoms with van der Waals surface area (Å²) in [6, 6.07) is -1.54. The van der Waals surface area contributed by atoms with E-state index >= 15 is 0 Å². The monoisotopic (exact) mass is 443 g/mol. The van der Waals surface area contributed by atoms with Gasteiger partial charge in [-0.15, -0.1) is 0 Å². The fourth-order valence-electron chi connectivity index (χ4n) is 2.01. The lowest BCUT2D eigenvalue weighted by atomic mass is 10.1. The quantitative estimate of drug-likeness (QED) is 0.300. The molecule has 29 heavy (non-hydrogen) atoms. The van der Waals surface area contributed by atoms with Gasteiger partial charge < -0.3 is 14.2 Å². The lowest BCUT2D eigenvalue weighted by molar-refractivity contribution is -0.146. The summed E-state index contributed by atoms with van der Waals surface area (Å²) in [5, 5.41) is 0. The van der Waals surface area contributed by atoms with Crippen molar-refractivity contribution in [3.63, 3.8) is 0 Å². The van der Waals surface area contributed by atoms with Crippen LogP contribution in [0, 0.1) is 0 Å². The van der Waals surface area contributed by atoms with Gasteiger partial charge in [0.1, 0.15) is 17.8 Å². The van der Waals surface area contributed by atoms with Gasteiger partial charge in [-0.05, 0) is 47.5 Å². The van der Waals surface area contributed by atoms with E-state index in [0.717, 1.165) is 13.4 Å². The van der Waals surface area contributed by atoms with E-state index in [4.69, 9.17) is 9.47 Å². The molecule has 10 nitrogen and oxygen atoms in total. The first kappa shape index (κ1) is 27.0. The number of ether oxygens (including phenoxy) is 3. The third kappa shape index (κ3) is 11.6. The summed E-state index contributed by atoms with van der Waals surface area (Å²) in [5.74, 6) is -0.993. The zero-order valence-electron chi connectivity index (χ0n) is 17.8. The zero-order chi connectivity index (χ0) is 23.0. The molecule has 0 aromatic heterocycles. The van der Waals surface area contributed by atoms with Crippen LogP contribution in [-0.2, 0) is 33.3 Å². The van der Waals surface area contributed by atoms with Gasteiger partial charge in [-0.3, -0.25) is 4.18 Å². The Balaban J connectivity index is 5.56. The maximum Gasteiger partial charge on any atom is 0.420 e. The Morgan fingerprint density at radius 1 is 1.07 bits per heavy atom. The van der Waals surface area contributed by atoms with Crippen molar-refractivity contribution in [2.75, 3.05) is 20.0 Å². The molecule has 0 rings (SSSR count). The number of methoxy groups -OCH3 is 1. The molecule has 170 valence electrons. The van der Waals surface area contributed by atoms with Gasteiger partial charge >= 0.3 is 18.2 Å². The first-order chi connectivity index (χ1) is 13.1. The molecule has 0 bridgehead atoms. The average molecular weight is 443 g/mol. The average Bonchev–Trinajstić information content (AvgIpc) is 2.52. The van der Waals surface area contributed by atoms with Crippen molar-refractivity contribution >= 4 is 28.3 Å². The van der Waals surface area contributed by atoms with E-state index in [1.165, 1.54) is 0 Å². The summed E-state index contributed by atoms with van der Waals surface area (Å²) in [5.41, 5.74) is -0.986. The minimum absolute atomic E-state index is 0.368. The SMILES string of the molecule is COC(=O)[C@H](CCC(F)COS(C)(=O)=O)N(C(=O)OC(C)C)C(=O)OC(C)(C)C. The molecule has 0 spiro atoms. The summed E-state index contributed by atoms with van der Waals surface area (Å²) in [6.45, 7) is 6.99. The molecule has 2 atom stereocenters. The van der Waals surface area contributed by atoms with E-state index in [-0.39, 0.29) is 6.42 Å². The Hall–Kier alpha value is -1.95. The van der Waals surface area contributed by atoms with Gasteiger partial charge in [0.25, 0.3) is 10.1 Å². The first-order valence-electron chi connectivity index (χ1n) is 8.86. The molecule has 0 aliphatic rings. The number of imide groups is 1. The molecule has 0 saturated heterocycles. The molecule has 0 aromatic rings. The lowest BCUT2D eigenvalue weighted by Gasteiger charge is -2.30. The molecule has 12 heteroatoms. The van der Waals surface area contributed by atoms with E-state index in [1.807, 2.05) is 0 Å². The summed E-state index contributed by atoms with van der Waals surface area (Å²) < 4.78 is 55.1. The van der Waals surface area contributed by atoms with Crippen LogP contribution >= 0.6 is 0 Å². The summed E-state index contributed by atoms with van der Waals surface area (Å²) in [7, 11) is -2.81. The van der Waals surface area contributed by atoms with Crippen LogP contribution in [0.2, 0.25) is 0 Å². The number of rotatable bonds is 9. The maximum absolute atomic E-state index is 14.0. The highest BCUT2D eigenvalue weighted by molar-refractivity contribution is 7.85. The van der Waals surface area contributed by atoms with E-state index in [2.05, 4.69) is 8.92 Å². The van der Waals surface area contributed by atoms with Crippen LogP contribution in [0.1, 0.15) is 47.5 Å². The molecular formula is C17H30FNO9S. The van der Waals surface area contributed by atoms with Crippen LogP contribution in [-0.4, -0.2) is 75.4 Å². The third-order valence-corrected chi connectivity index (χ3v) is 3.69. The molecule has 0 saturated carbocycles. The predicted octanol–water partition coefficient (Wildman–Crippen LogP) is 2.40. The van der Waals surface area contributed by atoms with Crippen molar-refractivity contribution in [3.8, 4) is 0 Å². The second-order valence-corrected chi connectivity index (χ2v) is 9.13. The fourth-order valence-corrected chi connectivity index (χ4v) is 2.40. The summed E-state index contributed by atoms with van der Waals surface area (Å²) >= 11 is 0. The lowest BCUT2D eigenvalue weighted by Crippen LogP contribution is -2.51. The molecule has 0 aliphatic heterocycles. The Labute approximate surface area is 170 Å². The van der Waals surface area contributed by atoms with Crippen LogP contribution in [0.15, 0.2) is 0 Å². The van der Waals surface area contributed by atoms with Crippen LogP contribution in [0.4, 0.5) is 14.0 Å². The Kier molecular flexibility index (Phi) is 10.5. The van der Waals surface area contributed by atoms with Gasteiger partial charge in [-0.25, -0.2) is 18.8 Å². The molecule has 2 amide bonds. The van der Waals surface area contributed by atoms with Gasteiger partial charge in [0.2, 0.25) is 0 Å². The normalized spacial score (nSPS) is 14.1. The maximum atomic E-state index is 14.0. The predicted molar refractivity (Wildman–Crippen MR) is 100 cm³/mol. The van der Waals surface area contributed by atoms with Crippen LogP contribution < -0.4 is 0 Å². The van der Waals surface area contributed by atoms with Gasteiger partial charge in [0.05, 0.1) is 26.1 Å². The topological polar surface area (TPSA) is 126 Å². The Bertz CT molecular complexity index is 673. The van der Waals surface area contributed by atoms with Crippen LogP contribution in [0.25, 0.3) is 0 Å². The Morgan fingerprint density at radius 2 is 1.62 bits per heavy atom. The number of nitrogens with zero attached hydrogens (tertiary/aromatic N) is 1. The van der Waals surface area contributed by atoms with Gasteiger partial charge in [-0.1, -0.05) is 0 Å². The molecule has 0 radical (unpaired) electrons. The minimum Gasteiger partial charge on any atom is -0.467 e.